The van der Waals surface area contributed by atoms with Gasteiger partial charge in [-0.3, -0.25) is 9.69 Å². The second-order valence-electron chi connectivity index (χ2n) is 8.08. The van der Waals surface area contributed by atoms with Gasteiger partial charge in [0, 0.05) is 38.5 Å². The first-order valence-electron chi connectivity index (χ1n) is 10.8. The molecule has 0 bridgehead atoms. The van der Waals surface area contributed by atoms with Gasteiger partial charge in [0.25, 0.3) is 0 Å². The number of benzene rings is 2. The lowest BCUT2D eigenvalue weighted by Gasteiger charge is -2.32. The van der Waals surface area contributed by atoms with Crippen LogP contribution in [0.1, 0.15) is 36.8 Å². The lowest BCUT2D eigenvalue weighted by molar-refractivity contribution is -0.122. The Morgan fingerprint density at radius 2 is 1.70 bits per heavy atom. The van der Waals surface area contributed by atoms with Gasteiger partial charge in [-0.15, -0.1) is 0 Å². The van der Waals surface area contributed by atoms with Crippen molar-refractivity contribution < 1.29 is 18.7 Å². The maximum atomic E-state index is 13.0. The number of halogens is 1. The Morgan fingerprint density at radius 3 is 2.47 bits per heavy atom. The van der Waals surface area contributed by atoms with Crippen LogP contribution in [0.4, 0.5) is 4.39 Å². The van der Waals surface area contributed by atoms with Crippen LogP contribution in [0.3, 0.4) is 0 Å². The van der Waals surface area contributed by atoms with E-state index in [1.165, 1.54) is 12.1 Å². The van der Waals surface area contributed by atoms with Gasteiger partial charge in [0.2, 0.25) is 5.91 Å². The number of hydrogen-bond donors (Lipinski definition) is 1. The van der Waals surface area contributed by atoms with E-state index >= 15 is 0 Å². The van der Waals surface area contributed by atoms with E-state index in [1.54, 1.807) is 0 Å². The fourth-order valence-electron chi connectivity index (χ4n) is 4.00. The summed E-state index contributed by atoms with van der Waals surface area (Å²) in [5.74, 6) is 1.46. The molecule has 1 N–H and O–H groups in total. The molecule has 1 saturated heterocycles. The van der Waals surface area contributed by atoms with Gasteiger partial charge >= 0.3 is 0 Å². The van der Waals surface area contributed by atoms with E-state index in [4.69, 9.17) is 9.47 Å². The van der Waals surface area contributed by atoms with Gasteiger partial charge in [0.15, 0.2) is 11.5 Å². The summed E-state index contributed by atoms with van der Waals surface area (Å²) in [7, 11) is 0. The fourth-order valence-corrected chi connectivity index (χ4v) is 4.00. The largest absolute Gasteiger partial charge is 0.490 e. The summed E-state index contributed by atoms with van der Waals surface area (Å²) in [6.45, 7) is 4.04. The molecule has 2 aromatic carbocycles. The van der Waals surface area contributed by atoms with Crippen LogP contribution in [0.15, 0.2) is 42.5 Å². The molecule has 0 atom stereocenters. The van der Waals surface area contributed by atoms with Crippen molar-refractivity contribution in [2.24, 2.45) is 0 Å². The third-order valence-corrected chi connectivity index (χ3v) is 5.72. The standard InChI is InChI=1S/C24H29FN2O3/c25-20-6-2-19(3-7-20)17-27-12-10-21(11-13-27)26-24(28)9-5-18-4-8-22-23(16-18)30-15-1-14-29-22/h2-4,6-8,16,21H,1,5,9-15,17H2,(H,26,28). The number of fused-ring (bicyclic) bond motifs is 1. The summed E-state index contributed by atoms with van der Waals surface area (Å²) < 4.78 is 24.4. The molecule has 160 valence electrons. The Labute approximate surface area is 177 Å². The molecule has 30 heavy (non-hydrogen) atoms. The molecule has 2 aliphatic rings. The van der Waals surface area contributed by atoms with E-state index in [0.29, 0.717) is 26.1 Å². The van der Waals surface area contributed by atoms with Crippen molar-refractivity contribution in [1.29, 1.82) is 0 Å². The summed E-state index contributed by atoms with van der Waals surface area (Å²) in [4.78, 5) is 14.8. The predicted molar refractivity (Wildman–Crippen MR) is 113 cm³/mol. The zero-order valence-corrected chi connectivity index (χ0v) is 17.2. The number of rotatable bonds is 6. The lowest BCUT2D eigenvalue weighted by Crippen LogP contribution is -2.44. The third-order valence-electron chi connectivity index (χ3n) is 5.72. The minimum Gasteiger partial charge on any atom is -0.490 e. The number of carbonyl (C=O) groups is 1. The summed E-state index contributed by atoms with van der Waals surface area (Å²) >= 11 is 0. The smallest absolute Gasteiger partial charge is 0.220 e. The van der Waals surface area contributed by atoms with Crippen molar-refractivity contribution in [2.75, 3.05) is 26.3 Å². The van der Waals surface area contributed by atoms with Crippen LogP contribution in [0.2, 0.25) is 0 Å². The van der Waals surface area contributed by atoms with E-state index in [2.05, 4.69) is 10.2 Å². The normalized spacial score (nSPS) is 17.4. The number of nitrogens with zero attached hydrogens (tertiary/aromatic N) is 1. The molecule has 2 heterocycles. The Hall–Kier alpha value is -2.60. The number of likely N-dealkylation sites (tertiary alicyclic amines) is 1. The average Bonchev–Trinajstić information content (AvgIpc) is 3.00. The molecule has 5 nitrogen and oxygen atoms in total. The Morgan fingerprint density at radius 1 is 1.00 bits per heavy atom. The van der Waals surface area contributed by atoms with Crippen molar-refractivity contribution in [3.63, 3.8) is 0 Å². The number of nitrogens with one attached hydrogen (secondary N) is 1. The Bertz CT molecular complexity index is 848. The van der Waals surface area contributed by atoms with Gasteiger partial charge in [-0.2, -0.15) is 0 Å². The average molecular weight is 413 g/mol. The van der Waals surface area contributed by atoms with Crippen molar-refractivity contribution >= 4 is 5.91 Å². The third kappa shape index (κ3) is 5.72. The highest BCUT2D eigenvalue weighted by Gasteiger charge is 2.21. The number of carbonyl (C=O) groups excluding carboxylic acids is 1. The molecular formula is C24H29FN2O3. The first-order chi connectivity index (χ1) is 14.7. The van der Waals surface area contributed by atoms with E-state index in [1.807, 2.05) is 30.3 Å². The molecule has 0 aromatic heterocycles. The topological polar surface area (TPSA) is 50.8 Å². The van der Waals surface area contributed by atoms with Crippen LogP contribution in [0.5, 0.6) is 11.5 Å². The number of amides is 1. The highest BCUT2D eigenvalue weighted by molar-refractivity contribution is 5.76. The zero-order valence-electron chi connectivity index (χ0n) is 17.2. The van der Waals surface area contributed by atoms with Gasteiger partial charge in [-0.1, -0.05) is 18.2 Å². The molecule has 2 aromatic rings. The van der Waals surface area contributed by atoms with Crippen molar-refractivity contribution in [2.45, 2.75) is 44.7 Å². The Balaban J connectivity index is 1.19. The van der Waals surface area contributed by atoms with Crippen LogP contribution in [0, 0.1) is 5.82 Å². The monoisotopic (exact) mass is 412 g/mol. The number of piperidine rings is 1. The van der Waals surface area contributed by atoms with Crippen LogP contribution >= 0.6 is 0 Å². The molecule has 0 spiro atoms. The van der Waals surface area contributed by atoms with Crippen LogP contribution in [-0.2, 0) is 17.8 Å². The van der Waals surface area contributed by atoms with Crippen molar-refractivity contribution in [3.05, 3.63) is 59.4 Å². The highest BCUT2D eigenvalue weighted by Crippen LogP contribution is 2.30. The number of ether oxygens (including phenoxy) is 2. The molecule has 0 radical (unpaired) electrons. The minimum absolute atomic E-state index is 0.0964. The summed E-state index contributed by atoms with van der Waals surface area (Å²) in [5, 5.41) is 3.18. The second-order valence-corrected chi connectivity index (χ2v) is 8.08. The van der Waals surface area contributed by atoms with Gasteiger partial charge in [0.1, 0.15) is 5.82 Å². The van der Waals surface area contributed by atoms with E-state index in [9.17, 15) is 9.18 Å². The second kappa shape index (κ2) is 9.94. The lowest BCUT2D eigenvalue weighted by atomic mass is 10.0. The molecule has 6 heteroatoms. The maximum Gasteiger partial charge on any atom is 0.220 e. The summed E-state index contributed by atoms with van der Waals surface area (Å²) in [5.41, 5.74) is 2.21. The molecule has 2 aliphatic heterocycles. The summed E-state index contributed by atoms with van der Waals surface area (Å²) in [6, 6.07) is 12.8. The molecule has 0 saturated carbocycles. The quantitative estimate of drug-likeness (QED) is 0.786. The molecule has 0 aliphatic carbocycles. The Kier molecular flexibility index (Phi) is 6.84. The van der Waals surface area contributed by atoms with Crippen molar-refractivity contribution in [3.8, 4) is 11.5 Å². The van der Waals surface area contributed by atoms with Crippen LogP contribution < -0.4 is 14.8 Å². The number of aryl methyl sites for hydroxylation is 1. The van der Waals surface area contributed by atoms with Gasteiger partial charge in [0.05, 0.1) is 13.2 Å². The molecule has 0 unspecified atom stereocenters. The zero-order chi connectivity index (χ0) is 20.8. The first kappa shape index (κ1) is 20.7. The van der Waals surface area contributed by atoms with Crippen LogP contribution in [-0.4, -0.2) is 43.2 Å². The molecule has 1 fully saturated rings. The highest BCUT2D eigenvalue weighted by atomic mass is 19.1. The molecule has 4 rings (SSSR count). The summed E-state index contributed by atoms with van der Waals surface area (Å²) in [6.07, 6.45) is 3.92. The SMILES string of the molecule is O=C(CCc1ccc2c(c1)OCCCO2)NC1CCN(Cc2ccc(F)cc2)CC1. The van der Waals surface area contributed by atoms with Gasteiger partial charge in [-0.25, -0.2) is 4.39 Å². The van der Waals surface area contributed by atoms with Gasteiger partial charge in [-0.05, 0) is 54.7 Å². The fraction of sp³-hybridized carbons (Fsp3) is 0.458. The molecular weight excluding hydrogens is 383 g/mol. The van der Waals surface area contributed by atoms with Crippen molar-refractivity contribution in [1.82, 2.24) is 10.2 Å². The minimum atomic E-state index is -0.202. The van der Waals surface area contributed by atoms with E-state index in [-0.39, 0.29) is 17.8 Å². The van der Waals surface area contributed by atoms with E-state index in [0.717, 1.165) is 61.5 Å². The van der Waals surface area contributed by atoms with E-state index < -0.39 is 0 Å². The number of hydrogen-bond acceptors (Lipinski definition) is 4. The molecule has 1 amide bonds. The maximum absolute atomic E-state index is 13.0. The van der Waals surface area contributed by atoms with Crippen LogP contribution in [0.25, 0.3) is 0 Å². The first-order valence-corrected chi connectivity index (χ1v) is 10.8. The predicted octanol–water partition coefficient (Wildman–Crippen LogP) is 3.70. The van der Waals surface area contributed by atoms with Gasteiger partial charge < -0.3 is 14.8 Å².